The molecule has 2 aromatic rings. The first-order valence-corrected chi connectivity index (χ1v) is 6.86. The Labute approximate surface area is 125 Å². The van der Waals surface area contributed by atoms with Crippen LogP contribution >= 0.6 is 11.8 Å². The van der Waals surface area contributed by atoms with E-state index >= 15 is 0 Å². The van der Waals surface area contributed by atoms with E-state index in [1.54, 1.807) is 18.3 Å². The summed E-state index contributed by atoms with van der Waals surface area (Å²) in [4.78, 5) is 26.9. The number of anilines is 1. The van der Waals surface area contributed by atoms with E-state index in [4.69, 9.17) is 5.11 Å². The molecule has 1 aromatic heterocycles. The van der Waals surface area contributed by atoms with Crippen LogP contribution in [0, 0.1) is 0 Å². The zero-order valence-electron chi connectivity index (χ0n) is 10.9. The lowest BCUT2D eigenvalue weighted by Gasteiger charge is -2.04. The summed E-state index contributed by atoms with van der Waals surface area (Å²) in [5, 5.41) is 11.9. The molecule has 1 aromatic carbocycles. The molecule has 0 atom stereocenters. The fourth-order valence-corrected chi connectivity index (χ4v) is 2.24. The molecule has 0 saturated heterocycles. The molecule has 21 heavy (non-hydrogen) atoms. The van der Waals surface area contributed by atoms with Gasteiger partial charge in [-0.15, -0.1) is 0 Å². The normalized spacial score (nSPS) is 10.5. The van der Waals surface area contributed by atoms with Gasteiger partial charge in [-0.2, -0.15) is 0 Å². The minimum Gasteiger partial charge on any atom is -0.478 e. The zero-order chi connectivity index (χ0) is 15.1. The first kappa shape index (κ1) is 14.8. The van der Waals surface area contributed by atoms with Gasteiger partial charge in [-0.1, -0.05) is 17.8 Å². The number of amides is 1. The van der Waals surface area contributed by atoms with E-state index in [2.05, 4.69) is 10.3 Å². The molecule has 1 heterocycles. The van der Waals surface area contributed by atoms with E-state index in [0.29, 0.717) is 5.69 Å². The summed E-state index contributed by atoms with van der Waals surface area (Å²) < 4.78 is 0. The van der Waals surface area contributed by atoms with E-state index in [-0.39, 0.29) is 0 Å². The fraction of sp³-hybridized carbons (Fsp3) is 0. The summed E-state index contributed by atoms with van der Waals surface area (Å²) in [5.41, 5.74) is 0.598. The Kier molecular flexibility index (Phi) is 5.11. The highest BCUT2D eigenvalue weighted by Crippen LogP contribution is 2.26. The Morgan fingerprint density at radius 2 is 1.86 bits per heavy atom. The number of hydrogen-bond acceptors (Lipinski definition) is 4. The first-order chi connectivity index (χ1) is 10.1. The maximum Gasteiger partial charge on any atom is 0.328 e. The van der Waals surface area contributed by atoms with Crippen molar-refractivity contribution in [3.63, 3.8) is 0 Å². The molecule has 0 aliphatic rings. The van der Waals surface area contributed by atoms with Gasteiger partial charge in [0.1, 0.15) is 5.03 Å². The molecule has 2 rings (SSSR count). The second-order valence-electron chi connectivity index (χ2n) is 3.96. The number of rotatable bonds is 5. The van der Waals surface area contributed by atoms with Crippen LogP contribution in [0.1, 0.15) is 0 Å². The predicted molar refractivity (Wildman–Crippen MR) is 80.2 cm³/mol. The highest BCUT2D eigenvalue weighted by Gasteiger charge is 2.01. The van der Waals surface area contributed by atoms with Crippen molar-refractivity contribution in [3.8, 4) is 0 Å². The van der Waals surface area contributed by atoms with E-state index in [1.165, 1.54) is 11.8 Å². The maximum absolute atomic E-state index is 11.4. The van der Waals surface area contributed by atoms with Gasteiger partial charge in [0.15, 0.2) is 0 Å². The van der Waals surface area contributed by atoms with Crippen molar-refractivity contribution >= 4 is 29.3 Å². The molecule has 0 fully saturated rings. The van der Waals surface area contributed by atoms with Crippen LogP contribution in [0.25, 0.3) is 0 Å². The van der Waals surface area contributed by atoms with Crippen molar-refractivity contribution in [2.75, 3.05) is 5.32 Å². The summed E-state index contributed by atoms with van der Waals surface area (Å²) in [6.07, 6.45) is 3.49. The van der Waals surface area contributed by atoms with Gasteiger partial charge in [-0.3, -0.25) is 4.79 Å². The minimum absolute atomic E-state index is 0.484. The number of carboxylic acid groups (broad SMARTS) is 1. The van der Waals surface area contributed by atoms with Gasteiger partial charge in [0.05, 0.1) is 0 Å². The third-order valence-electron chi connectivity index (χ3n) is 2.36. The summed E-state index contributed by atoms with van der Waals surface area (Å²) in [6, 6.07) is 12.9. The fourth-order valence-electron chi connectivity index (χ4n) is 1.47. The number of aromatic nitrogens is 1. The number of aliphatic carboxylic acids is 1. The number of benzene rings is 1. The summed E-state index contributed by atoms with van der Waals surface area (Å²) in [7, 11) is 0. The van der Waals surface area contributed by atoms with Crippen molar-refractivity contribution in [1.29, 1.82) is 0 Å². The average Bonchev–Trinajstić information content (AvgIpc) is 2.48. The lowest BCUT2D eigenvalue weighted by molar-refractivity contribution is -0.131. The van der Waals surface area contributed by atoms with Crippen LogP contribution < -0.4 is 5.32 Å². The number of pyridine rings is 1. The third kappa shape index (κ3) is 5.12. The topological polar surface area (TPSA) is 79.3 Å². The van der Waals surface area contributed by atoms with Gasteiger partial charge in [-0.05, 0) is 36.4 Å². The van der Waals surface area contributed by atoms with Gasteiger partial charge in [0, 0.05) is 28.9 Å². The molecule has 0 aliphatic heterocycles. The van der Waals surface area contributed by atoms with Crippen LogP contribution in [0.3, 0.4) is 0 Å². The molecule has 0 spiro atoms. The van der Waals surface area contributed by atoms with Crippen LogP contribution in [0.2, 0.25) is 0 Å². The SMILES string of the molecule is O=C(O)C=CC(=O)Nc1ccc(Sc2ccccn2)cc1. The molecule has 0 aliphatic carbocycles. The predicted octanol–water partition coefficient (Wildman–Crippen LogP) is 2.81. The monoisotopic (exact) mass is 300 g/mol. The Morgan fingerprint density at radius 3 is 2.48 bits per heavy atom. The van der Waals surface area contributed by atoms with Crippen molar-refractivity contribution in [1.82, 2.24) is 4.98 Å². The van der Waals surface area contributed by atoms with E-state index in [1.807, 2.05) is 30.3 Å². The lowest BCUT2D eigenvalue weighted by atomic mass is 10.3. The highest BCUT2D eigenvalue weighted by atomic mass is 32.2. The number of carboxylic acids is 1. The molecule has 1 amide bonds. The van der Waals surface area contributed by atoms with Gasteiger partial charge < -0.3 is 10.4 Å². The molecule has 106 valence electrons. The summed E-state index contributed by atoms with van der Waals surface area (Å²) in [6.45, 7) is 0. The molecule has 0 bridgehead atoms. The largest absolute Gasteiger partial charge is 0.478 e. The Morgan fingerprint density at radius 1 is 1.10 bits per heavy atom. The van der Waals surface area contributed by atoms with Crippen LogP contribution in [0.4, 0.5) is 5.69 Å². The number of nitrogens with one attached hydrogen (secondary N) is 1. The third-order valence-corrected chi connectivity index (χ3v) is 3.32. The number of nitrogens with zero attached hydrogens (tertiary/aromatic N) is 1. The molecule has 0 radical (unpaired) electrons. The second kappa shape index (κ2) is 7.25. The molecule has 6 heteroatoms. The Balaban J connectivity index is 1.96. The van der Waals surface area contributed by atoms with Crippen molar-refractivity contribution in [2.24, 2.45) is 0 Å². The second-order valence-corrected chi connectivity index (χ2v) is 5.05. The summed E-state index contributed by atoms with van der Waals surface area (Å²) >= 11 is 1.51. The quantitative estimate of drug-likeness (QED) is 0.830. The Hall–Kier alpha value is -2.60. The molecule has 0 saturated carbocycles. The van der Waals surface area contributed by atoms with Gasteiger partial charge in [0.25, 0.3) is 0 Å². The van der Waals surface area contributed by atoms with Crippen molar-refractivity contribution in [2.45, 2.75) is 9.92 Å². The molecule has 0 unspecified atom stereocenters. The molecule has 5 nitrogen and oxygen atoms in total. The van der Waals surface area contributed by atoms with Crippen LogP contribution in [0.15, 0.2) is 70.7 Å². The van der Waals surface area contributed by atoms with Crippen LogP contribution in [-0.2, 0) is 9.59 Å². The molecule has 2 N–H and O–H groups in total. The van der Waals surface area contributed by atoms with Crippen molar-refractivity contribution in [3.05, 3.63) is 60.8 Å². The minimum atomic E-state index is -1.16. The van der Waals surface area contributed by atoms with Gasteiger partial charge >= 0.3 is 5.97 Å². The van der Waals surface area contributed by atoms with Crippen LogP contribution in [-0.4, -0.2) is 22.0 Å². The van der Waals surface area contributed by atoms with E-state index in [0.717, 1.165) is 22.1 Å². The molecular formula is C15H12N2O3S. The lowest BCUT2D eigenvalue weighted by Crippen LogP contribution is -2.08. The summed E-state index contributed by atoms with van der Waals surface area (Å²) in [5.74, 6) is -1.64. The van der Waals surface area contributed by atoms with E-state index in [9.17, 15) is 9.59 Å². The maximum atomic E-state index is 11.4. The van der Waals surface area contributed by atoms with Gasteiger partial charge in [-0.25, -0.2) is 9.78 Å². The zero-order valence-corrected chi connectivity index (χ0v) is 11.7. The average molecular weight is 300 g/mol. The molecular weight excluding hydrogens is 288 g/mol. The van der Waals surface area contributed by atoms with Gasteiger partial charge in [0.2, 0.25) is 5.91 Å². The number of hydrogen-bond donors (Lipinski definition) is 2. The number of carbonyl (C=O) groups is 2. The standard InChI is InChI=1S/C15H12N2O3S/c18-13(8-9-15(19)20)17-11-4-6-12(7-5-11)21-14-3-1-2-10-16-14/h1-10H,(H,17,18)(H,19,20). The Bertz CT molecular complexity index is 654. The highest BCUT2D eigenvalue weighted by molar-refractivity contribution is 7.99. The first-order valence-electron chi connectivity index (χ1n) is 6.04. The smallest absolute Gasteiger partial charge is 0.328 e. The van der Waals surface area contributed by atoms with Crippen LogP contribution in [0.5, 0.6) is 0 Å². The number of carbonyl (C=O) groups excluding carboxylic acids is 1. The van der Waals surface area contributed by atoms with Crippen molar-refractivity contribution < 1.29 is 14.7 Å². The van der Waals surface area contributed by atoms with E-state index < -0.39 is 11.9 Å².